The molecule has 22 heteroatoms. The third kappa shape index (κ3) is 11.7. The first kappa shape index (κ1) is 50.5. The van der Waals surface area contributed by atoms with E-state index in [0.717, 1.165) is 74.4 Å². The number of carbonyl (C=O) groups is 2. The lowest BCUT2D eigenvalue weighted by Gasteiger charge is -2.36. The predicted octanol–water partition coefficient (Wildman–Crippen LogP) is 11.6. The standard InChI is InChI=1S/C54H50F5N13O4/c1-67-21-23-70(24-22-67)40-10-6-9-38(27-40)63-52(73)71(48-29-42(15-17-44(48)55)75-50-13-7-11-46(65-50)35-31-60-61-32-35)72(53(74)64-39-25-37(54(57,58)59)26-41(28-39)69-19-4-3-5-20-69)49-30-43(16-18-45(49)56)76-51-14-8-12-47(66-51)36-33-62-68(2)34-36/h6-18,25-34H,3-5,19-24H2,1-2H3,(H,60,61)(H,63,73)(H,64,74). The Kier molecular flexibility index (Phi) is 14.5. The Hall–Kier alpha value is -9.05. The molecule has 3 N–H and O–H groups in total. The molecule has 4 aromatic carbocycles. The second-order valence-corrected chi connectivity index (χ2v) is 18.2. The van der Waals surface area contributed by atoms with Gasteiger partial charge in [0, 0.05) is 117 Å². The summed E-state index contributed by atoms with van der Waals surface area (Å²) in [6.07, 6.45) is 4.04. The van der Waals surface area contributed by atoms with Gasteiger partial charge in [-0.1, -0.05) is 18.2 Å². The summed E-state index contributed by atoms with van der Waals surface area (Å²) in [4.78, 5) is 45.9. The van der Waals surface area contributed by atoms with Crippen LogP contribution in [0.2, 0.25) is 0 Å². The van der Waals surface area contributed by atoms with Crippen LogP contribution in [0.3, 0.4) is 0 Å². The van der Waals surface area contributed by atoms with E-state index in [1.807, 2.05) is 13.1 Å². The van der Waals surface area contributed by atoms with Crippen molar-refractivity contribution in [2.24, 2.45) is 7.05 Å². The molecule has 0 radical (unpaired) electrons. The number of pyridine rings is 2. The van der Waals surface area contributed by atoms with Crippen molar-refractivity contribution >= 4 is 46.2 Å². The molecule has 2 saturated heterocycles. The molecule has 0 unspecified atom stereocenters. The average Bonchev–Trinajstić information content (AvgIpc) is 4.13. The zero-order valence-corrected chi connectivity index (χ0v) is 41.1. The van der Waals surface area contributed by atoms with E-state index in [1.54, 1.807) is 89.9 Å². The zero-order chi connectivity index (χ0) is 52.9. The van der Waals surface area contributed by atoms with Gasteiger partial charge >= 0.3 is 18.2 Å². The minimum atomic E-state index is -4.86. The topological polar surface area (TPSA) is 165 Å². The van der Waals surface area contributed by atoms with E-state index >= 15 is 18.4 Å². The van der Waals surface area contributed by atoms with Gasteiger partial charge in [0.15, 0.2) is 0 Å². The number of hydrazine groups is 1. The SMILES string of the molecule is CN1CCN(c2cccc(NC(=O)N(c3cc(Oc4cccc(-c5cn[nH]c5)n4)ccc3F)N(C(=O)Nc3cc(N4CCCCC4)cc(C(F)(F)F)c3)c3cc(Oc4cccc(-c5cnn(C)c5)n4)ccc3F)c2)CC1. The number of aryl methyl sites for hydroxylation is 1. The number of aromatic amines is 1. The molecule has 2 aliphatic heterocycles. The minimum absolute atomic E-state index is 0.0419. The molecule has 0 saturated carbocycles. The number of anilines is 6. The van der Waals surface area contributed by atoms with Crippen molar-refractivity contribution in [2.45, 2.75) is 25.4 Å². The van der Waals surface area contributed by atoms with E-state index in [1.165, 1.54) is 24.3 Å². The highest BCUT2D eigenvalue weighted by Crippen LogP contribution is 2.39. The molecule has 4 amide bonds. The number of amides is 4. The first-order valence-corrected chi connectivity index (χ1v) is 24.3. The van der Waals surface area contributed by atoms with Gasteiger partial charge in [0.05, 0.1) is 29.3 Å². The van der Waals surface area contributed by atoms with Crippen molar-refractivity contribution in [3.63, 3.8) is 0 Å². The maximum absolute atomic E-state index is 17.0. The predicted molar refractivity (Wildman–Crippen MR) is 278 cm³/mol. The maximum atomic E-state index is 17.0. The fourth-order valence-electron chi connectivity index (χ4n) is 8.88. The summed E-state index contributed by atoms with van der Waals surface area (Å²) in [5.74, 6) is -2.31. The van der Waals surface area contributed by atoms with Gasteiger partial charge in [0.2, 0.25) is 11.8 Å². The molecule has 6 heterocycles. The largest absolute Gasteiger partial charge is 0.439 e. The third-order valence-corrected chi connectivity index (χ3v) is 12.7. The summed E-state index contributed by atoms with van der Waals surface area (Å²) in [5, 5.41) is 17.2. The number of likely N-dealkylation sites (N-methyl/N-ethyl adjacent to an activating group) is 1. The van der Waals surface area contributed by atoms with Crippen LogP contribution in [0.4, 0.5) is 65.7 Å². The maximum Gasteiger partial charge on any atom is 0.416 e. The second-order valence-electron chi connectivity index (χ2n) is 18.2. The first-order valence-electron chi connectivity index (χ1n) is 24.3. The summed E-state index contributed by atoms with van der Waals surface area (Å²) < 4.78 is 91.9. The Morgan fingerprint density at radius 3 is 1.78 bits per heavy atom. The molecule has 8 aromatic rings. The number of hydrogen-bond acceptors (Lipinski definition) is 11. The first-order chi connectivity index (χ1) is 36.7. The number of halogens is 5. The molecule has 2 aliphatic rings. The minimum Gasteiger partial charge on any atom is -0.439 e. The zero-order valence-electron chi connectivity index (χ0n) is 41.1. The highest BCUT2D eigenvalue weighted by molar-refractivity contribution is 6.13. The summed E-state index contributed by atoms with van der Waals surface area (Å²) >= 11 is 0. The van der Waals surface area contributed by atoms with Crippen molar-refractivity contribution in [1.82, 2.24) is 34.8 Å². The van der Waals surface area contributed by atoms with Crippen LogP contribution in [0.25, 0.3) is 22.5 Å². The van der Waals surface area contributed by atoms with Crippen LogP contribution in [0, 0.1) is 11.6 Å². The Balaban J connectivity index is 1.10. The van der Waals surface area contributed by atoms with Crippen LogP contribution in [0.1, 0.15) is 24.8 Å². The van der Waals surface area contributed by atoms with Crippen LogP contribution in [0.15, 0.2) is 140 Å². The van der Waals surface area contributed by atoms with Crippen LogP contribution in [-0.2, 0) is 13.2 Å². The van der Waals surface area contributed by atoms with E-state index in [2.05, 4.69) is 45.7 Å². The lowest BCUT2D eigenvalue weighted by atomic mass is 10.1. The Bertz CT molecular complexity index is 3360. The summed E-state index contributed by atoms with van der Waals surface area (Å²) in [5.41, 5.74) is 0.641. The number of H-pyrrole nitrogens is 1. The number of benzene rings is 4. The van der Waals surface area contributed by atoms with Crippen LogP contribution < -0.4 is 39.9 Å². The summed E-state index contributed by atoms with van der Waals surface area (Å²) in [7, 11) is 3.76. The van der Waals surface area contributed by atoms with Gasteiger partial charge < -0.3 is 34.8 Å². The molecular formula is C54H50F5N13O4. The van der Waals surface area contributed by atoms with Crippen molar-refractivity contribution in [3.05, 3.63) is 157 Å². The van der Waals surface area contributed by atoms with Gasteiger partial charge in [0.1, 0.15) is 34.5 Å². The fraction of sp³-hybridized carbons (Fsp3) is 0.222. The quantitative estimate of drug-likeness (QED) is 0.0788. The molecule has 17 nitrogen and oxygen atoms in total. The number of piperazine rings is 1. The number of piperidine rings is 1. The molecule has 0 aliphatic carbocycles. The van der Waals surface area contributed by atoms with E-state index < -0.39 is 46.8 Å². The highest BCUT2D eigenvalue weighted by Gasteiger charge is 2.37. The number of rotatable bonds is 12. The van der Waals surface area contributed by atoms with E-state index in [0.29, 0.717) is 58.7 Å². The number of aromatic nitrogens is 6. The molecular weight excluding hydrogens is 990 g/mol. The number of carbonyl (C=O) groups excluding carboxylic acids is 2. The van der Waals surface area contributed by atoms with Crippen LogP contribution in [-0.4, -0.2) is 93.2 Å². The van der Waals surface area contributed by atoms with Crippen molar-refractivity contribution < 1.29 is 41.0 Å². The Labute approximate surface area is 433 Å². The number of nitrogens with one attached hydrogen (secondary N) is 3. The van der Waals surface area contributed by atoms with Gasteiger partial charge in [-0.2, -0.15) is 33.4 Å². The van der Waals surface area contributed by atoms with Gasteiger partial charge in [-0.25, -0.2) is 28.3 Å². The van der Waals surface area contributed by atoms with Gasteiger partial charge in [0.25, 0.3) is 0 Å². The highest BCUT2D eigenvalue weighted by atomic mass is 19.4. The lowest BCUT2D eigenvalue weighted by molar-refractivity contribution is -0.137. The second kappa shape index (κ2) is 21.8. The Morgan fingerprint density at radius 2 is 1.20 bits per heavy atom. The van der Waals surface area contributed by atoms with Crippen molar-refractivity contribution in [2.75, 3.05) is 76.8 Å². The number of hydrogen-bond donors (Lipinski definition) is 3. The smallest absolute Gasteiger partial charge is 0.416 e. The average molecular weight is 1040 g/mol. The van der Waals surface area contributed by atoms with Crippen LogP contribution in [0.5, 0.6) is 23.3 Å². The normalized spacial score (nSPS) is 14.0. The van der Waals surface area contributed by atoms with Gasteiger partial charge in [-0.05, 0) is 99.1 Å². The van der Waals surface area contributed by atoms with Crippen molar-refractivity contribution in [3.8, 4) is 45.8 Å². The molecule has 2 fully saturated rings. The Morgan fingerprint density at radius 1 is 0.618 bits per heavy atom. The van der Waals surface area contributed by atoms with Gasteiger partial charge in [-0.3, -0.25) is 9.78 Å². The third-order valence-electron chi connectivity index (χ3n) is 12.7. The number of alkyl halides is 3. The summed E-state index contributed by atoms with van der Waals surface area (Å²) in [6, 6.07) is 23.9. The van der Waals surface area contributed by atoms with E-state index in [-0.39, 0.29) is 40.3 Å². The molecule has 4 aromatic heterocycles. The van der Waals surface area contributed by atoms with E-state index in [4.69, 9.17) is 9.47 Å². The monoisotopic (exact) mass is 1040 g/mol. The van der Waals surface area contributed by atoms with E-state index in [9.17, 15) is 13.2 Å². The molecule has 10 rings (SSSR count). The number of urea groups is 2. The number of ether oxygens (including phenoxy) is 2. The molecule has 390 valence electrons. The lowest BCUT2D eigenvalue weighted by Crippen LogP contribution is -2.54. The summed E-state index contributed by atoms with van der Waals surface area (Å²) in [6.45, 7) is 3.85. The van der Waals surface area contributed by atoms with Crippen LogP contribution >= 0.6 is 0 Å². The molecule has 0 atom stereocenters. The number of nitrogens with zero attached hydrogens (tertiary/aromatic N) is 10. The molecule has 0 bridgehead atoms. The molecule has 0 spiro atoms. The van der Waals surface area contributed by atoms with Gasteiger partial charge in [-0.15, -0.1) is 0 Å². The van der Waals surface area contributed by atoms with Crippen molar-refractivity contribution in [1.29, 1.82) is 0 Å². The fourth-order valence-corrected chi connectivity index (χ4v) is 8.88. The molecule has 76 heavy (non-hydrogen) atoms.